The normalized spacial score (nSPS) is 17.8. The van der Waals surface area contributed by atoms with Crippen LogP contribution in [0.3, 0.4) is 0 Å². The molecule has 0 radical (unpaired) electrons. The molecule has 0 amide bonds. The second-order valence-corrected chi connectivity index (χ2v) is 45.7. The number of hydrogen-bond acceptors (Lipinski definition) is 5. The maximum Gasteiger partial charge on any atom is 0.0790 e. The van der Waals surface area contributed by atoms with Gasteiger partial charge in [0.05, 0.1) is 27.8 Å². The number of aromatic nitrogens is 5. The van der Waals surface area contributed by atoms with Crippen LogP contribution in [0.1, 0.15) is 226 Å². The van der Waals surface area contributed by atoms with E-state index in [2.05, 4.69) is 436 Å². The minimum atomic E-state index is 0.0969. The molecule has 0 spiro atoms. The first-order valence-electron chi connectivity index (χ1n) is 47.7. The van der Waals surface area contributed by atoms with Crippen molar-refractivity contribution in [2.24, 2.45) is 0 Å². The molecule has 0 unspecified atom stereocenters. The number of fused-ring (bicyclic) bond motifs is 25. The molecule has 15 aromatic carbocycles. The average molecular weight is 1700 g/mol. The molecular formula is C126H119N5. The first-order valence-corrected chi connectivity index (χ1v) is 47.7. The molecule has 0 aliphatic heterocycles. The standard InChI is InChI=1S/C36H31N.C34H29N.C30H27N.C26H32N2/c1-35(2)22-36(3,4)33-28-20-19-27-30(23-13-7-5-8-14-23)25-17-11-12-18-26(25)31(24-15-9-6-10-16-24)32(27)34(28)37-21-29(33)35;1-33(2)20-34(3,4)31-27-17-16-26-28(32(27)35-19-29(31)33)18-22-11-6-8-14-24(22)30(26)25-15-9-12-21-10-5-7-13-23(21)25;1-29(2)18-30(3,4)27-23-15-14-22-24(28(23)31-17-25(27)29)16-20-12-8-9-13-21(20)26(22)19-10-6-5-7-11-19;1-23(2)13-24(3,4)20-17-9-15-11-28-22-21(25(5,6)14-26(22,7)8)16(15)10-19(17)27-12-18(20)23/h5-21H,22H2,1-4H3;5-19H,20H2,1-4H3;5-17H,18H2,1-4H3;9-12H,13-14H2,1-8H3. The SMILES string of the molecule is CC1(C)CC(C)(C)c2c1cnc1c2ccc2c(-c3cccc4ccccc34)c3ccccc3cc21.CC1(C)CC(C)(C)c2c1cnc1c2ccc2c(-c3ccccc3)c3ccccc3c(-c3ccccc3)c21.CC1(C)CC(C)(C)c2c1cnc1c2ccc2c(-c3ccccc3)c3ccccc3cc21.CC1(C)CC(C)(C)c2c1cnc1cc3c4c(ncc3cc21)C(C)(C)CC4(C)C. The third kappa shape index (κ3) is 13.2. The summed E-state index contributed by atoms with van der Waals surface area (Å²) < 4.78 is 0. The van der Waals surface area contributed by atoms with E-state index in [4.69, 9.17) is 24.9 Å². The Bertz CT molecular complexity index is 8120. The van der Waals surface area contributed by atoms with Gasteiger partial charge >= 0.3 is 0 Å². The highest BCUT2D eigenvalue weighted by atomic mass is 14.8. The number of nitrogens with zero attached hydrogens (tertiary/aromatic N) is 5. The van der Waals surface area contributed by atoms with Crippen molar-refractivity contribution < 1.29 is 0 Å². The minimum Gasteiger partial charge on any atom is -0.260 e. The Morgan fingerprint density at radius 2 is 0.519 bits per heavy atom. The summed E-state index contributed by atoms with van der Waals surface area (Å²) in [7, 11) is 0. The smallest absolute Gasteiger partial charge is 0.0790 e. The summed E-state index contributed by atoms with van der Waals surface area (Å²) in [4.78, 5) is 25.4. The molecule has 5 aliphatic carbocycles. The van der Waals surface area contributed by atoms with E-state index in [1.54, 1.807) is 0 Å². The van der Waals surface area contributed by atoms with E-state index in [-0.39, 0.29) is 54.1 Å². The molecule has 131 heavy (non-hydrogen) atoms. The second kappa shape index (κ2) is 29.3. The van der Waals surface area contributed by atoms with Gasteiger partial charge in [0.1, 0.15) is 0 Å². The summed E-state index contributed by atoms with van der Waals surface area (Å²) in [5.74, 6) is 0. The zero-order valence-corrected chi connectivity index (χ0v) is 80.1. The van der Waals surface area contributed by atoms with Gasteiger partial charge in [-0.05, 0) is 264 Å². The third-order valence-electron chi connectivity index (χ3n) is 31.3. The van der Waals surface area contributed by atoms with E-state index in [0.717, 1.165) is 54.2 Å². The van der Waals surface area contributed by atoms with Gasteiger partial charge in [-0.15, -0.1) is 0 Å². The lowest BCUT2D eigenvalue weighted by Crippen LogP contribution is -2.18. The first-order chi connectivity index (χ1) is 62.4. The molecule has 0 bridgehead atoms. The van der Waals surface area contributed by atoms with E-state index < -0.39 is 0 Å². The summed E-state index contributed by atoms with van der Waals surface area (Å²) in [5.41, 5.74) is 30.3. The molecule has 5 nitrogen and oxygen atoms in total. The highest BCUT2D eigenvalue weighted by molar-refractivity contribution is 6.28. The zero-order valence-electron chi connectivity index (χ0n) is 80.1. The number of hydrogen-bond donors (Lipinski definition) is 0. The van der Waals surface area contributed by atoms with E-state index in [9.17, 15) is 0 Å². The van der Waals surface area contributed by atoms with Crippen LogP contribution in [0.2, 0.25) is 0 Å². The lowest BCUT2D eigenvalue weighted by Gasteiger charge is -2.23. The molecular weight excluding hydrogens is 1580 g/mol. The van der Waals surface area contributed by atoms with Crippen molar-refractivity contribution in [2.75, 3.05) is 0 Å². The summed E-state index contributed by atoms with van der Waals surface area (Å²) in [6.45, 7) is 47.4. The highest BCUT2D eigenvalue weighted by Gasteiger charge is 2.49. The fourth-order valence-electron chi connectivity index (χ4n) is 27.5. The van der Waals surface area contributed by atoms with Gasteiger partial charge in [-0.2, -0.15) is 0 Å². The highest BCUT2D eigenvalue weighted by Crippen LogP contribution is 2.60. The van der Waals surface area contributed by atoms with Crippen LogP contribution in [0, 0.1) is 0 Å². The van der Waals surface area contributed by atoms with Crippen molar-refractivity contribution in [1.82, 2.24) is 24.9 Å². The molecule has 648 valence electrons. The summed E-state index contributed by atoms with van der Waals surface area (Å²) >= 11 is 0. The van der Waals surface area contributed by atoms with Gasteiger partial charge in [0, 0.05) is 79.5 Å². The predicted molar refractivity (Wildman–Crippen MR) is 560 cm³/mol. The Kier molecular flexibility index (Phi) is 18.8. The van der Waals surface area contributed by atoms with Gasteiger partial charge in [0.2, 0.25) is 0 Å². The van der Waals surface area contributed by atoms with E-state index >= 15 is 0 Å². The molecule has 0 fully saturated rings. The molecule has 25 rings (SSSR count). The molecule has 5 aromatic heterocycles. The largest absolute Gasteiger partial charge is 0.260 e. The zero-order chi connectivity index (χ0) is 91.0. The van der Waals surface area contributed by atoms with Gasteiger partial charge in [-0.3, -0.25) is 24.9 Å². The van der Waals surface area contributed by atoms with E-state index in [1.165, 1.54) is 208 Å². The number of rotatable bonds is 4. The summed E-state index contributed by atoms with van der Waals surface area (Å²) in [6.07, 6.45) is 16.5. The Hall–Kier alpha value is -12.8. The Labute approximate surface area is 772 Å². The quantitative estimate of drug-likeness (QED) is 0.130. The fraction of sp³-hybridized carbons (Fsp3) is 0.278. The van der Waals surface area contributed by atoms with Crippen molar-refractivity contribution in [3.05, 3.63) is 354 Å². The van der Waals surface area contributed by atoms with Crippen LogP contribution in [0.15, 0.2) is 298 Å². The monoisotopic (exact) mass is 1700 g/mol. The topological polar surface area (TPSA) is 64.5 Å². The maximum absolute atomic E-state index is 5.27. The number of pyridine rings is 5. The molecule has 0 N–H and O–H groups in total. The second-order valence-electron chi connectivity index (χ2n) is 45.7. The van der Waals surface area contributed by atoms with Crippen molar-refractivity contribution in [3.8, 4) is 44.5 Å². The predicted octanol–water partition coefficient (Wildman–Crippen LogP) is 34.0. The lowest BCUT2D eigenvalue weighted by molar-refractivity contribution is 0.400. The van der Waals surface area contributed by atoms with E-state index in [0.29, 0.717) is 0 Å². The maximum atomic E-state index is 5.27. The van der Waals surface area contributed by atoms with Gasteiger partial charge in [-0.25, -0.2) is 0 Å². The molecule has 0 atom stereocenters. The van der Waals surface area contributed by atoms with Crippen LogP contribution in [-0.2, 0) is 54.1 Å². The van der Waals surface area contributed by atoms with Crippen LogP contribution >= 0.6 is 0 Å². The van der Waals surface area contributed by atoms with Crippen LogP contribution in [0.25, 0.3) is 174 Å². The first kappa shape index (κ1) is 83.8. The van der Waals surface area contributed by atoms with Crippen molar-refractivity contribution in [1.29, 1.82) is 0 Å². The number of benzene rings is 15. The van der Waals surface area contributed by atoms with Crippen molar-refractivity contribution in [2.45, 2.75) is 225 Å². The minimum absolute atomic E-state index is 0.0969. The van der Waals surface area contributed by atoms with Crippen LogP contribution in [-0.4, -0.2) is 24.9 Å². The summed E-state index contributed by atoms with van der Waals surface area (Å²) in [6, 6.07) is 97.7. The molecule has 20 aromatic rings. The van der Waals surface area contributed by atoms with Gasteiger partial charge in [0.15, 0.2) is 0 Å². The molecule has 0 saturated carbocycles. The van der Waals surface area contributed by atoms with Crippen molar-refractivity contribution >= 4 is 130 Å². The van der Waals surface area contributed by atoms with Gasteiger partial charge in [-0.1, -0.05) is 381 Å². The van der Waals surface area contributed by atoms with Crippen molar-refractivity contribution in [3.63, 3.8) is 0 Å². The Morgan fingerprint density at radius 1 is 0.191 bits per heavy atom. The third-order valence-corrected chi connectivity index (χ3v) is 31.3. The Balaban J connectivity index is 0.000000103. The average Bonchev–Trinajstić information content (AvgIpc) is 1.44. The Morgan fingerprint density at radius 3 is 1.01 bits per heavy atom. The van der Waals surface area contributed by atoms with E-state index in [1.807, 2.05) is 0 Å². The van der Waals surface area contributed by atoms with Crippen LogP contribution in [0.5, 0.6) is 0 Å². The molecule has 5 heterocycles. The fourth-order valence-corrected chi connectivity index (χ4v) is 27.5. The van der Waals surface area contributed by atoms with Crippen LogP contribution < -0.4 is 0 Å². The molecule has 0 saturated heterocycles. The van der Waals surface area contributed by atoms with Gasteiger partial charge in [0.25, 0.3) is 0 Å². The van der Waals surface area contributed by atoms with Gasteiger partial charge < -0.3 is 0 Å². The van der Waals surface area contributed by atoms with Crippen LogP contribution in [0.4, 0.5) is 0 Å². The molecule has 5 aliphatic rings. The molecule has 5 heteroatoms. The lowest BCUT2D eigenvalue weighted by atomic mass is 9.80. The summed E-state index contributed by atoms with van der Waals surface area (Å²) in [5, 5.41) is 25.6.